The van der Waals surface area contributed by atoms with Gasteiger partial charge in [0.15, 0.2) is 0 Å². The van der Waals surface area contributed by atoms with Gasteiger partial charge in [-0.3, -0.25) is 4.79 Å². The van der Waals surface area contributed by atoms with Crippen LogP contribution in [-0.4, -0.2) is 34.2 Å². The van der Waals surface area contributed by atoms with E-state index in [0.717, 1.165) is 16.5 Å². The number of nitrogens with zero attached hydrogens (tertiary/aromatic N) is 3. The van der Waals surface area contributed by atoms with Crippen LogP contribution in [0.25, 0.3) is 33.1 Å². The summed E-state index contributed by atoms with van der Waals surface area (Å²) in [7, 11) is -4.19. The average Bonchev–Trinajstić information content (AvgIpc) is 3.29. The molecule has 3 heterocycles. The Morgan fingerprint density at radius 3 is 2.43 bits per heavy atom. The van der Waals surface area contributed by atoms with Crippen LogP contribution >= 0.6 is 11.6 Å². The summed E-state index contributed by atoms with van der Waals surface area (Å²) in [5.74, 6) is -0.492. The maximum Gasteiger partial charge on any atom is 0.283 e. The monoisotopic (exact) mass is 531 g/mol. The number of hydrogen-bond acceptors (Lipinski definition) is 4. The van der Waals surface area contributed by atoms with Gasteiger partial charge in [-0.2, -0.15) is 12.8 Å². The fraction of sp³-hybridized carbons (Fsp3) is 0.143. The third kappa shape index (κ3) is 3.51. The lowest BCUT2D eigenvalue weighted by Gasteiger charge is -2.10. The summed E-state index contributed by atoms with van der Waals surface area (Å²) in [5.41, 5.74) is 3.54. The second-order valence-electron chi connectivity index (χ2n) is 9.08. The van der Waals surface area contributed by atoms with Gasteiger partial charge in [-0.1, -0.05) is 47.5 Å². The first-order chi connectivity index (χ1) is 17.7. The zero-order valence-corrected chi connectivity index (χ0v) is 21.6. The number of Topliss-reactive ketones (excluding diaryl/α,β-unsaturated/α-hetero) is 1. The molecule has 0 bridgehead atoms. The van der Waals surface area contributed by atoms with E-state index in [9.17, 15) is 18.3 Å². The third-order valence-corrected chi connectivity index (χ3v) is 8.37. The molecule has 186 valence electrons. The Hall–Kier alpha value is -3.88. The Kier molecular flexibility index (Phi) is 5.29. The SMILES string of the molecule is CCn1c2c(c3ccccc31)-c1c(O)c3cc(Cl)ccc3n1CC(=O)/C2=N\S(=O)(=O)c1ccc(C)cc1. The average molecular weight is 532 g/mol. The van der Waals surface area contributed by atoms with Crippen molar-refractivity contribution in [2.24, 2.45) is 4.40 Å². The largest absolute Gasteiger partial charge is 0.505 e. The lowest BCUT2D eigenvalue weighted by molar-refractivity contribution is -0.113. The molecule has 1 aliphatic heterocycles. The van der Waals surface area contributed by atoms with E-state index >= 15 is 0 Å². The number of aryl methyl sites for hydroxylation is 2. The molecule has 1 N–H and O–H groups in total. The highest BCUT2D eigenvalue weighted by atomic mass is 35.5. The summed E-state index contributed by atoms with van der Waals surface area (Å²) in [6.07, 6.45) is 0. The molecule has 0 spiro atoms. The number of aromatic hydroxyl groups is 1. The van der Waals surface area contributed by atoms with Gasteiger partial charge >= 0.3 is 0 Å². The summed E-state index contributed by atoms with van der Waals surface area (Å²) in [6.45, 7) is 4.05. The number of ketones is 1. The van der Waals surface area contributed by atoms with Gasteiger partial charge in [0.25, 0.3) is 10.0 Å². The molecule has 0 saturated heterocycles. The van der Waals surface area contributed by atoms with Gasteiger partial charge in [-0.15, -0.1) is 0 Å². The molecule has 5 aromatic rings. The number of para-hydroxylation sites is 1. The number of fused-ring (bicyclic) bond motifs is 7. The van der Waals surface area contributed by atoms with Gasteiger partial charge in [0.05, 0.1) is 28.3 Å². The predicted molar refractivity (Wildman–Crippen MR) is 145 cm³/mol. The smallest absolute Gasteiger partial charge is 0.283 e. The molecule has 1 aliphatic rings. The summed E-state index contributed by atoms with van der Waals surface area (Å²) < 4.78 is 34.5. The van der Waals surface area contributed by atoms with Crippen molar-refractivity contribution in [3.05, 3.63) is 83.0 Å². The molecular formula is C28H22ClN3O4S. The van der Waals surface area contributed by atoms with Gasteiger partial charge in [0, 0.05) is 33.4 Å². The maximum absolute atomic E-state index is 13.8. The van der Waals surface area contributed by atoms with Crippen LogP contribution in [-0.2, 0) is 27.9 Å². The van der Waals surface area contributed by atoms with Crippen LogP contribution in [0.2, 0.25) is 5.02 Å². The Morgan fingerprint density at radius 1 is 0.973 bits per heavy atom. The van der Waals surface area contributed by atoms with E-state index in [4.69, 9.17) is 11.6 Å². The van der Waals surface area contributed by atoms with Gasteiger partial charge in [-0.25, -0.2) is 0 Å². The minimum Gasteiger partial charge on any atom is -0.505 e. The molecule has 37 heavy (non-hydrogen) atoms. The van der Waals surface area contributed by atoms with Crippen LogP contribution in [0, 0.1) is 6.92 Å². The second-order valence-corrected chi connectivity index (χ2v) is 11.1. The second kappa shape index (κ2) is 8.33. The number of carbonyl (C=O) groups excluding carboxylic acids is 1. The quantitative estimate of drug-likeness (QED) is 0.322. The van der Waals surface area contributed by atoms with E-state index in [1.54, 1.807) is 34.9 Å². The minimum absolute atomic E-state index is 0.00547. The molecule has 0 aliphatic carbocycles. The molecule has 7 nitrogen and oxygen atoms in total. The number of carbonyl (C=O) groups is 1. The first-order valence-electron chi connectivity index (χ1n) is 11.8. The van der Waals surface area contributed by atoms with E-state index in [-0.39, 0.29) is 22.9 Å². The van der Waals surface area contributed by atoms with Crippen molar-refractivity contribution in [1.82, 2.24) is 9.13 Å². The van der Waals surface area contributed by atoms with Gasteiger partial charge in [0.1, 0.15) is 11.5 Å². The minimum atomic E-state index is -4.19. The zero-order valence-electron chi connectivity index (χ0n) is 20.1. The summed E-state index contributed by atoms with van der Waals surface area (Å²) >= 11 is 6.22. The first kappa shape index (κ1) is 23.5. The van der Waals surface area contributed by atoms with E-state index in [1.165, 1.54) is 12.1 Å². The molecule has 2 aromatic heterocycles. The number of aromatic nitrogens is 2. The number of hydrogen-bond donors (Lipinski definition) is 1. The number of benzene rings is 3. The summed E-state index contributed by atoms with van der Waals surface area (Å²) in [5, 5.41) is 13.2. The summed E-state index contributed by atoms with van der Waals surface area (Å²) in [4.78, 5) is 13.8. The van der Waals surface area contributed by atoms with E-state index in [1.807, 2.05) is 42.7 Å². The van der Waals surface area contributed by atoms with Crippen molar-refractivity contribution in [1.29, 1.82) is 0 Å². The standard InChI is InChI=1S/C28H22ClN3O4S/c1-3-31-21-7-5-4-6-19(21)24-26(31)25(30-37(35,36)18-11-8-16(2)9-12-18)23(33)15-32-22-13-10-17(29)14-20(22)28(34)27(24)32/h4-14,34H,3,15H2,1-2H3/b30-25+. The topological polar surface area (TPSA) is 93.7 Å². The predicted octanol–water partition coefficient (Wildman–Crippen LogP) is 5.71. The highest BCUT2D eigenvalue weighted by Crippen LogP contribution is 2.47. The van der Waals surface area contributed by atoms with Crippen molar-refractivity contribution >= 4 is 54.9 Å². The fourth-order valence-corrected chi connectivity index (χ4v) is 6.36. The van der Waals surface area contributed by atoms with Crippen molar-refractivity contribution < 1.29 is 18.3 Å². The van der Waals surface area contributed by atoms with Gasteiger partial charge in [-0.05, 0) is 50.2 Å². The lowest BCUT2D eigenvalue weighted by Crippen LogP contribution is -2.23. The lowest BCUT2D eigenvalue weighted by atomic mass is 10.0. The van der Waals surface area contributed by atoms with E-state index < -0.39 is 15.8 Å². The molecule has 0 atom stereocenters. The molecule has 9 heteroatoms. The highest BCUT2D eigenvalue weighted by molar-refractivity contribution is 7.90. The van der Waals surface area contributed by atoms with Crippen molar-refractivity contribution in [2.45, 2.75) is 31.8 Å². The molecule has 0 unspecified atom stereocenters. The Balaban J connectivity index is 1.74. The molecule has 6 rings (SSSR count). The van der Waals surface area contributed by atoms with Crippen LogP contribution in [0.5, 0.6) is 5.75 Å². The molecule has 0 radical (unpaired) electrons. The van der Waals surface area contributed by atoms with Gasteiger partial charge in [0.2, 0.25) is 5.78 Å². The first-order valence-corrected chi connectivity index (χ1v) is 13.6. The molecule has 3 aromatic carbocycles. The molecular weight excluding hydrogens is 510 g/mol. The summed E-state index contributed by atoms with van der Waals surface area (Å²) in [6, 6.07) is 19.0. The third-order valence-electron chi connectivity index (χ3n) is 6.84. The van der Waals surface area contributed by atoms with Crippen LogP contribution in [0.1, 0.15) is 18.2 Å². The van der Waals surface area contributed by atoms with Crippen LogP contribution in [0.4, 0.5) is 0 Å². The molecule has 0 amide bonds. The van der Waals surface area contributed by atoms with Gasteiger partial charge < -0.3 is 14.2 Å². The number of rotatable bonds is 3. The Labute approximate surface area is 218 Å². The fourth-order valence-electron chi connectivity index (χ4n) is 5.17. The zero-order chi connectivity index (χ0) is 26.1. The van der Waals surface area contributed by atoms with Crippen molar-refractivity contribution in [3.8, 4) is 17.0 Å². The number of sulfonamides is 1. The maximum atomic E-state index is 13.8. The number of halogens is 1. The highest BCUT2D eigenvalue weighted by Gasteiger charge is 2.35. The molecule has 0 fully saturated rings. The van der Waals surface area contributed by atoms with Crippen LogP contribution < -0.4 is 0 Å². The van der Waals surface area contributed by atoms with Crippen molar-refractivity contribution in [3.63, 3.8) is 0 Å². The Morgan fingerprint density at radius 2 is 1.70 bits per heavy atom. The van der Waals surface area contributed by atoms with E-state index in [0.29, 0.717) is 39.4 Å². The van der Waals surface area contributed by atoms with Crippen LogP contribution in [0.15, 0.2) is 76.0 Å². The normalized spacial score (nSPS) is 14.8. The van der Waals surface area contributed by atoms with Crippen molar-refractivity contribution in [2.75, 3.05) is 0 Å². The Bertz CT molecular complexity index is 1900. The molecule has 0 saturated carbocycles. The van der Waals surface area contributed by atoms with E-state index in [2.05, 4.69) is 4.40 Å². The van der Waals surface area contributed by atoms with Crippen LogP contribution in [0.3, 0.4) is 0 Å².